The third-order valence-corrected chi connectivity index (χ3v) is 5.87. The van der Waals surface area contributed by atoms with Crippen LogP contribution in [0.1, 0.15) is 33.7 Å². The molecule has 1 atom stereocenters. The molecule has 0 saturated heterocycles. The van der Waals surface area contributed by atoms with Gasteiger partial charge in [-0.05, 0) is 29.8 Å². The predicted molar refractivity (Wildman–Crippen MR) is 120 cm³/mol. The van der Waals surface area contributed by atoms with Crippen LogP contribution >= 0.6 is 0 Å². The molecule has 1 amide bonds. The Morgan fingerprint density at radius 2 is 2.12 bits per heavy atom. The summed E-state index contributed by atoms with van der Waals surface area (Å²) in [7, 11) is 1.62. The molecular formula is C23H23N5O6. The first-order chi connectivity index (χ1) is 16.4. The number of Topliss-reactive ketones (excluding diaryl/α,β-unsaturated/α-hetero) is 1. The Hall–Kier alpha value is -3.96. The van der Waals surface area contributed by atoms with Crippen molar-refractivity contribution in [1.82, 2.24) is 20.2 Å². The van der Waals surface area contributed by atoms with E-state index in [9.17, 15) is 14.4 Å². The van der Waals surface area contributed by atoms with Crippen LogP contribution in [0.2, 0.25) is 0 Å². The zero-order valence-electron chi connectivity index (χ0n) is 18.4. The summed E-state index contributed by atoms with van der Waals surface area (Å²) in [5, 5.41) is 15.2. The number of aromatic amines is 1. The zero-order valence-corrected chi connectivity index (χ0v) is 18.4. The van der Waals surface area contributed by atoms with Crippen LogP contribution in [0, 0.1) is 0 Å². The Morgan fingerprint density at radius 1 is 1.26 bits per heavy atom. The van der Waals surface area contributed by atoms with E-state index < -0.39 is 12.0 Å². The number of hydrogen-bond acceptors (Lipinski definition) is 8. The standard InChI is InChI=1S/C23H23N5O6/c1-28-10-13-4-12(2-3-15(13)25-18(23(28)32)7-22(30)31)19(29)8-24-9-21-26-16-5-14-11-33-34-20(14)6-17(16)27-21/h2-6,18,24-25H,7-11H2,1H3,(H,26,27)(H,30,31). The largest absolute Gasteiger partial charge is 0.481 e. The minimum absolute atomic E-state index is 0.104. The van der Waals surface area contributed by atoms with Crippen LogP contribution in [0.4, 0.5) is 5.69 Å². The topological polar surface area (TPSA) is 146 Å². The molecule has 176 valence electrons. The van der Waals surface area contributed by atoms with Crippen molar-refractivity contribution in [3.63, 3.8) is 0 Å². The number of aliphatic carboxylic acids is 1. The van der Waals surface area contributed by atoms with E-state index in [0.29, 0.717) is 36.0 Å². The molecule has 1 unspecified atom stereocenters. The molecule has 3 heterocycles. The van der Waals surface area contributed by atoms with Gasteiger partial charge in [-0.25, -0.2) is 4.98 Å². The lowest BCUT2D eigenvalue weighted by Gasteiger charge is -2.19. The number of H-pyrrole nitrogens is 1. The lowest BCUT2D eigenvalue weighted by molar-refractivity contribution is -0.194. The van der Waals surface area contributed by atoms with Crippen molar-refractivity contribution in [3.8, 4) is 5.75 Å². The van der Waals surface area contributed by atoms with Crippen LogP contribution in [0.15, 0.2) is 30.3 Å². The van der Waals surface area contributed by atoms with E-state index in [1.54, 1.807) is 25.2 Å². The van der Waals surface area contributed by atoms with Gasteiger partial charge in [-0.1, -0.05) is 0 Å². The summed E-state index contributed by atoms with van der Waals surface area (Å²) in [5.41, 5.74) is 4.48. The second kappa shape index (κ2) is 8.76. The maximum atomic E-state index is 12.8. The molecule has 2 aliphatic heterocycles. The van der Waals surface area contributed by atoms with Crippen LogP contribution in [0.3, 0.4) is 0 Å². The van der Waals surface area contributed by atoms with Gasteiger partial charge in [-0.2, -0.15) is 4.89 Å². The normalized spacial score (nSPS) is 17.0. The van der Waals surface area contributed by atoms with E-state index >= 15 is 0 Å². The highest BCUT2D eigenvalue weighted by Crippen LogP contribution is 2.30. The van der Waals surface area contributed by atoms with Crippen molar-refractivity contribution in [3.05, 3.63) is 52.8 Å². The number of imidazole rings is 1. The molecule has 5 rings (SSSR count). The number of fused-ring (bicyclic) bond motifs is 3. The monoisotopic (exact) mass is 465 g/mol. The molecular weight excluding hydrogens is 442 g/mol. The fourth-order valence-corrected chi connectivity index (χ4v) is 4.16. The summed E-state index contributed by atoms with van der Waals surface area (Å²) in [6.45, 7) is 1.16. The Morgan fingerprint density at radius 3 is 2.94 bits per heavy atom. The van der Waals surface area contributed by atoms with Crippen molar-refractivity contribution in [1.29, 1.82) is 0 Å². The Labute approximate surface area is 194 Å². The molecule has 34 heavy (non-hydrogen) atoms. The number of carbonyl (C=O) groups excluding carboxylic acids is 2. The molecule has 0 fully saturated rings. The number of nitrogens with zero attached hydrogens (tertiary/aromatic N) is 2. The summed E-state index contributed by atoms with van der Waals surface area (Å²) < 4.78 is 0. The van der Waals surface area contributed by atoms with Gasteiger partial charge in [-0.3, -0.25) is 14.4 Å². The SMILES string of the molecule is CN1Cc2cc(C(=O)CNCc3nc4cc5c(cc4[nH]3)COO5)ccc2NC(CC(=O)O)C1=O. The highest BCUT2D eigenvalue weighted by Gasteiger charge is 2.29. The quantitative estimate of drug-likeness (QED) is 0.302. The second-order valence-corrected chi connectivity index (χ2v) is 8.39. The van der Waals surface area contributed by atoms with Gasteiger partial charge < -0.3 is 30.5 Å². The average molecular weight is 465 g/mol. The number of rotatable bonds is 7. The van der Waals surface area contributed by atoms with E-state index in [4.69, 9.17) is 14.9 Å². The van der Waals surface area contributed by atoms with Crippen molar-refractivity contribution in [2.45, 2.75) is 32.2 Å². The average Bonchev–Trinajstić information content (AvgIpc) is 3.39. The number of anilines is 1. The van der Waals surface area contributed by atoms with E-state index in [2.05, 4.69) is 20.6 Å². The molecule has 0 radical (unpaired) electrons. The van der Waals surface area contributed by atoms with Crippen LogP contribution in [-0.4, -0.2) is 57.3 Å². The van der Waals surface area contributed by atoms with Gasteiger partial charge in [0.2, 0.25) is 5.91 Å². The zero-order chi connectivity index (χ0) is 23.8. The van der Waals surface area contributed by atoms with Gasteiger partial charge in [0.15, 0.2) is 11.5 Å². The van der Waals surface area contributed by atoms with Crippen LogP contribution in [0.5, 0.6) is 5.75 Å². The highest BCUT2D eigenvalue weighted by atomic mass is 17.2. The molecule has 3 aromatic rings. The number of carbonyl (C=O) groups is 3. The second-order valence-electron chi connectivity index (χ2n) is 8.39. The molecule has 11 heteroatoms. The van der Waals surface area contributed by atoms with Gasteiger partial charge in [0.1, 0.15) is 18.5 Å². The molecule has 0 bridgehead atoms. The van der Waals surface area contributed by atoms with Crippen molar-refractivity contribution >= 4 is 34.4 Å². The number of hydrogen-bond donors (Lipinski definition) is 4. The van der Waals surface area contributed by atoms with Crippen LogP contribution in [0.25, 0.3) is 11.0 Å². The molecule has 2 aromatic carbocycles. The van der Waals surface area contributed by atoms with Crippen LogP contribution < -0.4 is 15.5 Å². The van der Waals surface area contributed by atoms with Crippen molar-refractivity contribution in [2.75, 3.05) is 18.9 Å². The van der Waals surface area contributed by atoms with E-state index in [0.717, 1.165) is 22.2 Å². The fourth-order valence-electron chi connectivity index (χ4n) is 4.16. The summed E-state index contributed by atoms with van der Waals surface area (Å²) >= 11 is 0. The fraction of sp³-hybridized carbons (Fsp3) is 0.304. The van der Waals surface area contributed by atoms with Crippen LogP contribution in [-0.2, 0) is 34.2 Å². The number of amides is 1. The third-order valence-electron chi connectivity index (χ3n) is 5.87. The summed E-state index contributed by atoms with van der Waals surface area (Å²) in [4.78, 5) is 55.6. The molecule has 2 aliphatic rings. The van der Waals surface area contributed by atoms with Gasteiger partial charge in [-0.15, -0.1) is 0 Å². The minimum Gasteiger partial charge on any atom is -0.481 e. The Bertz CT molecular complexity index is 1260. The predicted octanol–water partition coefficient (Wildman–Crippen LogP) is 1.59. The van der Waals surface area contributed by atoms with E-state index in [1.807, 2.05) is 12.1 Å². The minimum atomic E-state index is -1.06. The number of aromatic nitrogens is 2. The molecule has 4 N–H and O–H groups in total. The first-order valence-corrected chi connectivity index (χ1v) is 10.8. The first-order valence-electron chi connectivity index (χ1n) is 10.8. The first kappa shape index (κ1) is 21.9. The van der Waals surface area contributed by atoms with Gasteiger partial charge in [0.05, 0.1) is 30.5 Å². The molecule has 1 aromatic heterocycles. The lowest BCUT2D eigenvalue weighted by atomic mass is 10.0. The third kappa shape index (κ3) is 4.30. The number of benzene rings is 2. The number of carboxylic acids is 1. The maximum Gasteiger partial charge on any atom is 0.305 e. The Balaban J connectivity index is 1.23. The molecule has 0 aliphatic carbocycles. The number of carboxylic acid groups (broad SMARTS) is 1. The molecule has 11 nitrogen and oxygen atoms in total. The molecule has 0 saturated carbocycles. The molecule has 0 spiro atoms. The van der Waals surface area contributed by atoms with E-state index in [-0.39, 0.29) is 31.2 Å². The Kier molecular flexibility index (Phi) is 5.64. The van der Waals surface area contributed by atoms with Crippen molar-refractivity contribution in [2.24, 2.45) is 0 Å². The number of nitrogens with one attached hydrogen (secondary N) is 3. The summed E-state index contributed by atoms with van der Waals surface area (Å²) in [5.74, 6) is -0.111. The number of likely N-dealkylation sites (N-methyl/N-ethyl adjacent to an activating group) is 1. The summed E-state index contributed by atoms with van der Waals surface area (Å²) in [6, 6.07) is 8.03. The van der Waals surface area contributed by atoms with Crippen molar-refractivity contribution < 1.29 is 29.3 Å². The smallest absolute Gasteiger partial charge is 0.305 e. The van der Waals surface area contributed by atoms with Gasteiger partial charge in [0.25, 0.3) is 0 Å². The lowest BCUT2D eigenvalue weighted by Crippen LogP contribution is -2.39. The van der Waals surface area contributed by atoms with E-state index in [1.165, 1.54) is 4.90 Å². The number of ketones is 1. The summed E-state index contributed by atoms with van der Waals surface area (Å²) in [6.07, 6.45) is -0.321. The van der Waals surface area contributed by atoms with Gasteiger partial charge in [0, 0.05) is 36.5 Å². The highest BCUT2D eigenvalue weighted by molar-refractivity contribution is 5.98. The van der Waals surface area contributed by atoms with Gasteiger partial charge >= 0.3 is 5.97 Å². The maximum absolute atomic E-state index is 12.8.